The van der Waals surface area contributed by atoms with Crippen LogP contribution in [0.1, 0.15) is 38.7 Å². The van der Waals surface area contributed by atoms with Crippen molar-refractivity contribution in [1.82, 2.24) is 0 Å². The Hall–Kier alpha value is -0.350. The molecule has 2 nitrogen and oxygen atoms in total. The summed E-state index contributed by atoms with van der Waals surface area (Å²) in [5, 5.41) is 0. The van der Waals surface area contributed by atoms with Gasteiger partial charge < -0.3 is 0 Å². The highest BCUT2D eigenvalue weighted by Crippen LogP contribution is 2.32. The largest absolute Gasteiger partial charge is 0.224 e. The van der Waals surface area contributed by atoms with E-state index in [4.69, 9.17) is 0 Å². The first-order valence-corrected chi connectivity index (χ1v) is 8.46. The quantitative estimate of drug-likeness (QED) is 0.775. The third kappa shape index (κ3) is 3.32. The molecule has 0 fully saturated rings. The Labute approximate surface area is 112 Å². The monoisotopic (exact) mass is 318 g/mol. The fraction of sp³-hybridized carbons (Fsp3) is 0.538. The van der Waals surface area contributed by atoms with Crippen molar-refractivity contribution in [3.8, 4) is 0 Å². The standard InChI is InChI=1S/C13H19BrO2S/c1-4-11(10(3)14)12-8-6-7-9-13(12)17(15,16)5-2/h6-11H,4-5H2,1-3H3. The first-order chi connectivity index (χ1) is 7.94. The Morgan fingerprint density at radius 3 is 2.29 bits per heavy atom. The molecule has 1 rings (SSSR count). The maximum absolute atomic E-state index is 12.0. The molecule has 0 aliphatic carbocycles. The van der Waals surface area contributed by atoms with Crippen molar-refractivity contribution < 1.29 is 8.42 Å². The van der Waals surface area contributed by atoms with Crippen LogP contribution in [0, 0.1) is 0 Å². The van der Waals surface area contributed by atoms with Gasteiger partial charge in [-0.15, -0.1) is 0 Å². The third-order valence-corrected chi connectivity index (χ3v) is 5.47. The second-order valence-electron chi connectivity index (χ2n) is 4.13. The van der Waals surface area contributed by atoms with Crippen molar-refractivity contribution in [2.45, 2.75) is 42.8 Å². The van der Waals surface area contributed by atoms with Gasteiger partial charge in [-0.1, -0.05) is 54.9 Å². The molecule has 0 aliphatic rings. The molecule has 0 heterocycles. The van der Waals surface area contributed by atoms with Crippen LogP contribution in [0.25, 0.3) is 0 Å². The van der Waals surface area contributed by atoms with Gasteiger partial charge in [-0.25, -0.2) is 8.42 Å². The van der Waals surface area contributed by atoms with Crippen LogP contribution in [-0.4, -0.2) is 19.0 Å². The molecule has 1 aromatic carbocycles. The van der Waals surface area contributed by atoms with Crippen LogP contribution in [0.5, 0.6) is 0 Å². The minimum atomic E-state index is -3.14. The van der Waals surface area contributed by atoms with E-state index in [-0.39, 0.29) is 16.5 Å². The number of rotatable bonds is 5. The van der Waals surface area contributed by atoms with Crippen molar-refractivity contribution in [3.63, 3.8) is 0 Å². The predicted octanol–water partition coefficient (Wildman–Crippen LogP) is 3.76. The molecule has 0 radical (unpaired) electrons. The summed E-state index contributed by atoms with van der Waals surface area (Å²) < 4.78 is 24.1. The summed E-state index contributed by atoms with van der Waals surface area (Å²) in [5.41, 5.74) is 0.932. The van der Waals surface area contributed by atoms with Gasteiger partial charge in [0.25, 0.3) is 0 Å². The van der Waals surface area contributed by atoms with E-state index in [0.717, 1.165) is 12.0 Å². The lowest BCUT2D eigenvalue weighted by Crippen LogP contribution is -2.14. The van der Waals surface area contributed by atoms with E-state index in [1.165, 1.54) is 0 Å². The minimum absolute atomic E-state index is 0.150. The van der Waals surface area contributed by atoms with Crippen LogP contribution in [0.3, 0.4) is 0 Å². The smallest absolute Gasteiger partial charge is 0.178 e. The molecule has 17 heavy (non-hydrogen) atoms. The maximum Gasteiger partial charge on any atom is 0.178 e. The van der Waals surface area contributed by atoms with E-state index in [0.29, 0.717) is 4.90 Å². The summed E-state index contributed by atoms with van der Waals surface area (Å²) in [6.07, 6.45) is 0.919. The van der Waals surface area contributed by atoms with Gasteiger partial charge in [-0.2, -0.15) is 0 Å². The zero-order valence-electron chi connectivity index (χ0n) is 10.5. The summed E-state index contributed by atoms with van der Waals surface area (Å²) in [7, 11) is -3.14. The molecule has 96 valence electrons. The van der Waals surface area contributed by atoms with Gasteiger partial charge in [0.15, 0.2) is 9.84 Å². The van der Waals surface area contributed by atoms with Crippen molar-refractivity contribution in [3.05, 3.63) is 29.8 Å². The number of hydrogen-bond donors (Lipinski definition) is 0. The molecular formula is C13H19BrO2S. The highest BCUT2D eigenvalue weighted by molar-refractivity contribution is 9.09. The Morgan fingerprint density at radius 1 is 1.24 bits per heavy atom. The molecule has 2 unspecified atom stereocenters. The number of hydrogen-bond acceptors (Lipinski definition) is 2. The third-order valence-electron chi connectivity index (χ3n) is 3.03. The highest BCUT2D eigenvalue weighted by atomic mass is 79.9. The summed E-state index contributed by atoms with van der Waals surface area (Å²) in [4.78, 5) is 0.751. The highest BCUT2D eigenvalue weighted by Gasteiger charge is 2.23. The van der Waals surface area contributed by atoms with E-state index in [1.807, 2.05) is 12.1 Å². The van der Waals surface area contributed by atoms with E-state index in [2.05, 4.69) is 29.8 Å². The molecular weight excluding hydrogens is 300 g/mol. The minimum Gasteiger partial charge on any atom is -0.224 e. The van der Waals surface area contributed by atoms with Crippen LogP contribution in [-0.2, 0) is 9.84 Å². The second-order valence-corrected chi connectivity index (χ2v) is 7.82. The molecule has 2 atom stereocenters. The molecule has 1 aromatic rings. The Balaban J connectivity index is 3.35. The van der Waals surface area contributed by atoms with Crippen LogP contribution < -0.4 is 0 Å². The molecule has 0 aromatic heterocycles. The average Bonchev–Trinajstić information content (AvgIpc) is 2.30. The van der Waals surface area contributed by atoms with Gasteiger partial charge in [-0.3, -0.25) is 0 Å². The second kappa shape index (κ2) is 6.01. The van der Waals surface area contributed by atoms with Crippen LogP contribution in [0.2, 0.25) is 0 Å². The lowest BCUT2D eigenvalue weighted by Gasteiger charge is -2.21. The van der Waals surface area contributed by atoms with Gasteiger partial charge >= 0.3 is 0 Å². The average molecular weight is 319 g/mol. The predicted molar refractivity (Wildman–Crippen MR) is 75.6 cm³/mol. The molecule has 0 spiro atoms. The molecule has 0 aliphatic heterocycles. The Bertz CT molecular complexity index is 466. The number of sulfone groups is 1. The lowest BCUT2D eigenvalue weighted by molar-refractivity contribution is 0.590. The molecule has 0 bridgehead atoms. The van der Waals surface area contributed by atoms with Gasteiger partial charge in [0.1, 0.15) is 0 Å². The van der Waals surface area contributed by atoms with Crippen LogP contribution >= 0.6 is 15.9 Å². The molecule has 0 N–H and O–H groups in total. The van der Waals surface area contributed by atoms with E-state index < -0.39 is 9.84 Å². The maximum atomic E-state index is 12.0. The summed E-state index contributed by atoms with van der Waals surface area (Å²) in [6.45, 7) is 5.83. The lowest BCUT2D eigenvalue weighted by atomic mass is 9.94. The fourth-order valence-corrected chi connectivity index (χ4v) is 3.85. The van der Waals surface area contributed by atoms with Gasteiger partial charge in [0.2, 0.25) is 0 Å². The first kappa shape index (κ1) is 14.7. The van der Waals surface area contributed by atoms with Gasteiger partial charge in [-0.05, 0) is 24.0 Å². The van der Waals surface area contributed by atoms with E-state index in [1.54, 1.807) is 19.1 Å². The van der Waals surface area contributed by atoms with Crippen LogP contribution in [0.4, 0.5) is 0 Å². The van der Waals surface area contributed by atoms with Crippen molar-refractivity contribution in [2.75, 3.05) is 5.75 Å². The fourth-order valence-electron chi connectivity index (χ4n) is 2.02. The number of benzene rings is 1. The Kier molecular flexibility index (Phi) is 5.20. The number of halogens is 1. The van der Waals surface area contributed by atoms with Crippen molar-refractivity contribution in [2.24, 2.45) is 0 Å². The van der Waals surface area contributed by atoms with Crippen LogP contribution in [0.15, 0.2) is 29.2 Å². The first-order valence-electron chi connectivity index (χ1n) is 5.89. The molecule has 0 amide bonds. The molecule has 0 saturated carbocycles. The summed E-state index contributed by atoms with van der Waals surface area (Å²) >= 11 is 3.57. The molecule has 0 saturated heterocycles. The topological polar surface area (TPSA) is 34.1 Å². The summed E-state index contributed by atoms with van der Waals surface area (Å²) in [6, 6.07) is 7.33. The zero-order valence-corrected chi connectivity index (χ0v) is 12.9. The summed E-state index contributed by atoms with van der Waals surface area (Å²) in [5.74, 6) is 0.379. The van der Waals surface area contributed by atoms with Crippen molar-refractivity contribution >= 4 is 25.8 Å². The van der Waals surface area contributed by atoms with Crippen molar-refractivity contribution in [1.29, 1.82) is 0 Å². The molecule has 4 heteroatoms. The van der Waals surface area contributed by atoms with Gasteiger partial charge in [0.05, 0.1) is 10.6 Å². The van der Waals surface area contributed by atoms with E-state index >= 15 is 0 Å². The Morgan fingerprint density at radius 2 is 1.82 bits per heavy atom. The normalized spacial score (nSPS) is 15.5. The SMILES string of the molecule is CCC(c1ccccc1S(=O)(=O)CC)C(C)Br. The van der Waals surface area contributed by atoms with Gasteiger partial charge in [0, 0.05) is 4.83 Å². The number of alkyl halides is 1. The van der Waals surface area contributed by atoms with E-state index in [9.17, 15) is 8.42 Å². The zero-order chi connectivity index (χ0) is 13.1.